The van der Waals surface area contributed by atoms with E-state index in [0.29, 0.717) is 21.9 Å². The number of hydrogen-bond acceptors (Lipinski definition) is 1. The van der Waals surface area contributed by atoms with Gasteiger partial charge < -0.3 is 4.42 Å². The van der Waals surface area contributed by atoms with Gasteiger partial charge in [0, 0.05) is 10.8 Å². The van der Waals surface area contributed by atoms with Crippen LogP contribution in [0.1, 0.15) is 16.4 Å². The average Bonchev–Trinajstić information content (AvgIpc) is 3.61. The van der Waals surface area contributed by atoms with E-state index >= 15 is 0 Å². The van der Waals surface area contributed by atoms with E-state index in [-0.39, 0.29) is 63.3 Å². The lowest BCUT2D eigenvalue weighted by Gasteiger charge is -2.19. The molecular formula is C42H26O. The predicted molar refractivity (Wildman–Crippen MR) is 183 cm³/mol. The molecule has 1 heteroatoms. The second kappa shape index (κ2) is 9.44. The monoisotopic (exact) mass is 558 g/mol. The van der Waals surface area contributed by atoms with E-state index in [4.69, 9.17) is 16.8 Å². The fourth-order valence-corrected chi connectivity index (χ4v) is 6.17. The molecule has 0 saturated carbocycles. The molecule has 0 aliphatic rings. The summed E-state index contributed by atoms with van der Waals surface area (Å²) in [6, 6.07) is 21.6. The Balaban J connectivity index is 1.43. The maximum atomic E-state index is 9.49. The standard InChI is InChI=1S/C42H26O/c1-2-12-27(13-3-1)30-24-28-14-4-5-15-31(28)38(25-30)42-36-19-8-6-17-34(36)41(35-18-7-9-20-37(35)42)29-22-23-33-32-16-10-11-21-39(32)43-40(33)26-29/h1-26H/i1D,2D,3D,10D,11D,12D,13D,16D,21D,22D,23D,26D. The van der Waals surface area contributed by atoms with Crippen LogP contribution in [0, 0.1) is 0 Å². The van der Waals surface area contributed by atoms with Crippen LogP contribution in [0.25, 0.3) is 87.6 Å². The van der Waals surface area contributed by atoms with Crippen LogP contribution in [0.2, 0.25) is 0 Å². The zero-order chi connectivity index (χ0) is 38.8. The van der Waals surface area contributed by atoms with Crippen LogP contribution < -0.4 is 0 Å². The van der Waals surface area contributed by atoms with Crippen molar-refractivity contribution in [1.29, 1.82) is 0 Å². The SMILES string of the molecule is [2H]c1c([2H])c([2H])c(-c2cc(-c3c4ccccc4c(-c4c([2H])c([2H])c5c(oc6c([2H])c([2H])c([2H])c([2H])c65)c4[2H])c4ccccc34)c3ccccc3c2)c([2H])c1[2H]. The van der Waals surface area contributed by atoms with Crippen molar-refractivity contribution in [3.63, 3.8) is 0 Å². The summed E-state index contributed by atoms with van der Waals surface area (Å²) in [4.78, 5) is 0. The van der Waals surface area contributed by atoms with Gasteiger partial charge in [-0.1, -0.05) is 127 Å². The minimum absolute atomic E-state index is 0.0260. The van der Waals surface area contributed by atoms with Gasteiger partial charge >= 0.3 is 0 Å². The van der Waals surface area contributed by atoms with E-state index in [1.165, 1.54) is 0 Å². The van der Waals surface area contributed by atoms with Crippen molar-refractivity contribution in [2.24, 2.45) is 0 Å². The van der Waals surface area contributed by atoms with Gasteiger partial charge in [-0.25, -0.2) is 0 Å². The molecule has 0 saturated heterocycles. The molecule has 0 atom stereocenters. The number of hydrogen-bond donors (Lipinski definition) is 0. The quantitative estimate of drug-likeness (QED) is 0.197. The third kappa shape index (κ3) is 3.72. The van der Waals surface area contributed by atoms with Crippen LogP contribution in [-0.4, -0.2) is 0 Å². The summed E-state index contributed by atoms with van der Waals surface area (Å²) in [6.45, 7) is 0. The zero-order valence-electron chi connectivity index (χ0n) is 34.5. The maximum Gasteiger partial charge on any atom is 0.136 e. The minimum atomic E-state index is -0.503. The first kappa shape index (κ1) is 15.0. The molecule has 0 spiro atoms. The molecule has 200 valence electrons. The van der Waals surface area contributed by atoms with Crippen molar-refractivity contribution >= 4 is 54.3 Å². The van der Waals surface area contributed by atoms with Crippen molar-refractivity contribution in [2.75, 3.05) is 0 Å². The maximum absolute atomic E-state index is 9.49. The highest BCUT2D eigenvalue weighted by molar-refractivity contribution is 6.24. The molecule has 9 rings (SSSR count). The summed E-state index contributed by atoms with van der Waals surface area (Å²) in [7, 11) is 0. The van der Waals surface area contributed by atoms with Crippen LogP contribution >= 0.6 is 0 Å². The van der Waals surface area contributed by atoms with E-state index in [2.05, 4.69) is 0 Å². The van der Waals surface area contributed by atoms with E-state index in [1.54, 1.807) is 0 Å². The Hall–Kier alpha value is -5.66. The predicted octanol–water partition coefficient (Wildman–Crippen LogP) is 12.0. The van der Waals surface area contributed by atoms with Gasteiger partial charge in [-0.05, 0) is 96.0 Å². The topological polar surface area (TPSA) is 13.1 Å². The highest BCUT2D eigenvalue weighted by Gasteiger charge is 2.19. The van der Waals surface area contributed by atoms with Crippen LogP contribution in [0.15, 0.2) is 162 Å². The van der Waals surface area contributed by atoms with E-state index in [1.807, 2.05) is 84.9 Å². The molecule has 0 radical (unpaired) electrons. The van der Waals surface area contributed by atoms with Gasteiger partial charge in [-0.3, -0.25) is 0 Å². The van der Waals surface area contributed by atoms with Gasteiger partial charge in [0.25, 0.3) is 0 Å². The van der Waals surface area contributed by atoms with Crippen LogP contribution in [0.3, 0.4) is 0 Å². The minimum Gasteiger partial charge on any atom is -0.456 e. The normalized spacial score (nSPS) is 15.6. The molecular weight excluding hydrogens is 520 g/mol. The lowest BCUT2D eigenvalue weighted by Crippen LogP contribution is -1.92. The summed E-state index contributed by atoms with van der Waals surface area (Å²) in [6.07, 6.45) is 0. The van der Waals surface area contributed by atoms with Crippen molar-refractivity contribution in [2.45, 2.75) is 0 Å². The Morgan fingerprint density at radius 1 is 0.419 bits per heavy atom. The lowest BCUT2D eigenvalue weighted by molar-refractivity contribution is 0.669. The second-order valence-corrected chi connectivity index (χ2v) is 10.3. The van der Waals surface area contributed by atoms with Gasteiger partial charge in [0.15, 0.2) is 0 Å². The van der Waals surface area contributed by atoms with Gasteiger partial charge in [-0.15, -0.1) is 0 Å². The Kier molecular flexibility index (Phi) is 3.29. The largest absolute Gasteiger partial charge is 0.456 e. The Morgan fingerprint density at radius 2 is 1.02 bits per heavy atom. The molecule has 1 heterocycles. The molecule has 43 heavy (non-hydrogen) atoms. The van der Waals surface area contributed by atoms with Crippen LogP contribution in [0.5, 0.6) is 0 Å². The first-order chi connectivity index (χ1) is 26.3. The van der Waals surface area contributed by atoms with E-state index in [0.717, 1.165) is 32.7 Å². The molecule has 0 unspecified atom stereocenters. The van der Waals surface area contributed by atoms with Crippen molar-refractivity contribution in [1.82, 2.24) is 0 Å². The third-order valence-electron chi connectivity index (χ3n) is 7.99. The second-order valence-electron chi connectivity index (χ2n) is 10.3. The highest BCUT2D eigenvalue weighted by Crippen LogP contribution is 2.47. The van der Waals surface area contributed by atoms with Gasteiger partial charge in [0.2, 0.25) is 0 Å². The number of para-hydroxylation sites is 1. The molecule has 1 nitrogen and oxygen atoms in total. The summed E-state index contributed by atoms with van der Waals surface area (Å²) >= 11 is 0. The van der Waals surface area contributed by atoms with Gasteiger partial charge in [0.05, 0.1) is 16.4 Å². The fraction of sp³-hybridized carbons (Fsp3) is 0. The molecule has 0 N–H and O–H groups in total. The third-order valence-corrected chi connectivity index (χ3v) is 7.99. The number of fused-ring (bicyclic) bond motifs is 6. The van der Waals surface area contributed by atoms with Gasteiger partial charge in [-0.2, -0.15) is 0 Å². The summed E-state index contributed by atoms with van der Waals surface area (Å²) in [5.41, 5.74) is 2.31. The molecule has 0 aliphatic carbocycles. The fourth-order valence-electron chi connectivity index (χ4n) is 6.17. The Bertz CT molecular complexity index is 3100. The molecule has 0 bridgehead atoms. The number of benzene rings is 8. The molecule has 0 aliphatic heterocycles. The summed E-state index contributed by atoms with van der Waals surface area (Å²) in [5, 5.41) is 4.32. The number of rotatable bonds is 3. The van der Waals surface area contributed by atoms with Crippen molar-refractivity contribution in [3.05, 3.63) is 157 Å². The number of furan rings is 1. The molecule has 8 aromatic carbocycles. The summed E-state index contributed by atoms with van der Waals surface area (Å²) < 4.78 is 110. The Morgan fingerprint density at radius 3 is 1.77 bits per heavy atom. The van der Waals surface area contributed by atoms with Crippen LogP contribution in [-0.2, 0) is 0 Å². The van der Waals surface area contributed by atoms with Crippen molar-refractivity contribution < 1.29 is 20.9 Å². The zero-order valence-corrected chi connectivity index (χ0v) is 22.5. The highest BCUT2D eigenvalue weighted by atomic mass is 16.3. The average molecular weight is 559 g/mol. The summed E-state index contributed by atoms with van der Waals surface area (Å²) in [5.74, 6) is 0. The first-order valence-corrected chi connectivity index (χ1v) is 13.8. The van der Waals surface area contributed by atoms with Crippen LogP contribution in [0.4, 0.5) is 0 Å². The molecule has 0 amide bonds. The molecule has 1 aromatic heterocycles. The Labute approximate surface area is 266 Å². The van der Waals surface area contributed by atoms with E-state index < -0.39 is 42.3 Å². The molecule has 0 fully saturated rings. The first-order valence-electron chi connectivity index (χ1n) is 19.8. The smallest absolute Gasteiger partial charge is 0.136 e. The van der Waals surface area contributed by atoms with E-state index in [9.17, 15) is 4.11 Å². The van der Waals surface area contributed by atoms with Gasteiger partial charge in [0.1, 0.15) is 11.2 Å². The van der Waals surface area contributed by atoms with Crippen molar-refractivity contribution in [3.8, 4) is 33.4 Å². The molecule has 9 aromatic rings. The lowest BCUT2D eigenvalue weighted by atomic mass is 9.83.